The summed E-state index contributed by atoms with van der Waals surface area (Å²) in [7, 11) is 0. The van der Waals surface area contributed by atoms with E-state index in [9.17, 15) is 43.8 Å². The Balaban J connectivity index is 5.90. The molecule has 0 aromatic heterocycles. The summed E-state index contributed by atoms with van der Waals surface area (Å²) in [5.41, 5.74) is 15.7. The van der Waals surface area contributed by atoms with Gasteiger partial charge in [-0.05, 0) is 12.8 Å². The molecular formula is C21H37N7O10. The first-order chi connectivity index (χ1) is 17.5. The van der Waals surface area contributed by atoms with Crippen LogP contribution in [0.25, 0.3) is 0 Å². The third-order valence-electron chi connectivity index (χ3n) is 5.45. The van der Waals surface area contributed by atoms with Gasteiger partial charge in [-0.3, -0.25) is 28.8 Å². The third kappa shape index (κ3) is 11.5. The van der Waals surface area contributed by atoms with Crippen LogP contribution in [0.2, 0.25) is 0 Å². The number of amides is 6. The smallest absolute Gasteiger partial charge is 0.328 e. The summed E-state index contributed by atoms with van der Waals surface area (Å²) in [6.07, 6.45) is -2.63. The van der Waals surface area contributed by atoms with Gasteiger partial charge in [0.1, 0.15) is 24.2 Å². The second-order valence-corrected chi connectivity index (χ2v) is 8.69. The van der Waals surface area contributed by atoms with Crippen LogP contribution in [0.4, 0.5) is 0 Å². The second kappa shape index (κ2) is 16.1. The number of carbonyl (C=O) groups is 7. The molecule has 0 aliphatic heterocycles. The predicted octanol–water partition coefficient (Wildman–Crippen LogP) is -5.49. The monoisotopic (exact) mass is 547 g/mol. The van der Waals surface area contributed by atoms with Crippen molar-refractivity contribution >= 4 is 41.4 Å². The number of carboxylic acids is 1. The van der Waals surface area contributed by atoms with E-state index in [1.807, 2.05) is 0 Å². The molecule has 0 bridgehead atoms. The molecule has 0 rings (SSSR count). The van der Waals surface area contributed by atoms with E-state index >= 15 is 0 Å². The highest BCUT2D eigenvalue weighted by atomic mass is 16.4. The van der Waals surface area contributed by atoms with E-state index in [-0.39, 0.29) is 0 Å². The highest BCUT2D eigenvalue weighted by molar-refractivity contribution is 5.98. The molecule has 17 heteroatoms. The molecule has 216 valence electrons. The Bertz CT molecular complexity index is 898. The number of hydrogen-bond donors (Lipinski definition) is 10. The number of hydrogen-bond acceptors (Lipinski definition) is 10. The van der Waals surface area contributed by atoms with E-state index in [2.05, 4.69) is 21.3 Å². The van der Waals surface area contributed by atoms with Crippen LogP contribution in [0.15, 0.2) is 0 Å². The number of aliphatic hydroxyl groups excluding tert-OH is 2. The van der Waals surface area contributed by atoms with Crippen molar-refractivity contribution in [1.29, 1.82) is 0 Å². The molecule has 0 aliphatic carbocycles. The first kappa shape index (κ1) is 34.2. The molecule has 13 N–H and O–H groups in total. The molecule has 0 saturated heterocycles. The standard InChI is InChI=1S/C21H37N7O10/c1-4-8(2)15(20(36)28-16(9(3)30)21(37)38)27-19(35)12(6-14(24)32)26-18(34)11(5-13(23)31)25-17(33)10(22)7-29/h8-12,15-16,29-30H,4-7,22H2,1-3H3,(H2,23,31)(H2,24,32)(H,25,33)(H,26,34)(H,27,35)(H,28,36)(H,37,38)/t8-,9+,10-,11-,12-,15-,16-/m0/s1. The van der Waals surface area contributed by atoms with Gasteiger partial charge >= 0.3 is 5.97 Å². The van der Waals surface area contributed by atoms with Crippen molar-refractivity contribution in [3.63, 3.8) is 0 Å². The van der Waals surface area contributed by atoms with E-state index in [1.165, 1.54) is 0 Å². The lowest BCUT2D eigenvalue weighted by Crippen LogP contribution is -2.61. The lowest BCUT2D eigenvalue weighted by atomic mass is 9.97. The Hall–Kier alpha value is -3.83. The summed E-state index contributed by atoms with van der Waals surface area (Å²) in [6, 6.07) is -7.81. The molecule has 0 aromatic carbocycles. The maximum absolute atomic E-state index is 13.0. The SMILES string of the molecule is CC[C@H](C)[C@H](NC(=O)[C@H](CC(N)=O)NC(=O)[C@H](CC(N)=O)NC(=O)[C@@H](N)CO)C(=O)N[C@H](C(=O)O)[C@@H](C)O. The Morgan fingerprint density at radius 2 is 1.16 bits per heavy atom. The van der Waals surface area contributed by atoms with Crippen LogP contribution in [0.1, 0.15) is 40.0 Å². The summed E-state index contributed by atoms with van der Waals surface area (Å²) >= 11 is 0. The molecule has 38 heavy (non-hydrogen) atoms. The maximum atomic E-state index is 13.0. The third-order valence-corrected chi connectivity index (χ3v) is 5.45. The second-order valence-electron chi connectivity index (χ2n) is 8.69. The van der Waals surface area contributed by atoms with Crippen molar-refractivity contribution < 1.29 is 48.9 Å². The molecule has 0 aromatic rings. The van der Waals surface area contributed by atoms with E-state index < -0.39 is 103 Å². The van der Waals surface area contributed by atoms with E-state index in [0.717, 1.165) is 6.92 Å². The van der Waals surface area contributed by atoms with Crippen LogP contribution in [0, 0.1) is 5.92 Å². The molecule has 0 unspecified atom stereocenters. The zero-order valence-corrected chi connectivity index (χ0v) is 21.3. The fourth-order valence-corrected chi connectivity index (χ4v) is 3.04. The lowest BCUT2D eigenvalue weighted by Gasteiger charge is -2.28. The molecular weight excluding hydrogens is 510 g/mol. The molecule has 6 amide bonds. The van der Waals surface area contributed by atoms with Crippen LogP contribution in [-0.4, -0.2) is 99.7 Å². The minimum Gasteiger partial charge on any atom is -0.480 e. The van der Waals surface area contributed by atoms with Gasteiger partial charge in [0, 0.05) is 0 Å². The van der Waals surface area contributed by atoms with Gasteiger partial charge in [0.15, 0.2) is 6.04 Å². The summed E-state index contributed by atoms with van der Waals surface area (Å²) < 4.78 is 0. The molecule has 0 radical (unpaired) electrons. The first-order valence-corrected chi connectivity index (χ1v) is 11.6. The van der Waals surface area contributed by atoms with Crippen LogP contribution < -0.4 is 38.5 Å². The molecule has 0 aliphatic rings. The summed E-state index contributed by atoms with van der Waals surface area (Å²) in [5.74, 6) is -8.32. The van der Waals surface area contributed by atoms with Crippen LogP contribution in [0.5, 0.6) is 0 Å². The minimum atomic E-state index is -1.69. The van der Waals surface area contributed by atoms with Crippen molar-refractivity contribution in [1.82, 2.24) is 21.3 Å². The number of aliphatic hydroxyl groups is 2. The van der Waals surface area contributed by atoms with Crippen molar-refractivity contribution in [2.24, 2.45) is 23.1 Å². The first-order valence-electron chi connectivity index (χ1n) is 11.6. The highest BCUT2D eigenvalue weighted by Gasteiger charge is 2.35. The quantitative estimate of drug-likeness (QED) is 0.0818. The highest BCUT2D eigenvalue weighted by Crippen LogP contribution is 2.10. The molecule has 0 heterocycles. The predicted molar refractivity (Wildman–Crippen MR) is 129 cm³/mol. The number of nitrogens with two attached hydrogens (primary N) is 3. The molecule has 0 fully saturated rings. The van der Waals surface area contributed by atoms with E-state index in [4.69, 9.17) is 22.3 Å². The van der Waals surface area contributed by atoms with Crippen LogP contribution in [-0.2, 0) is 33.6 Å². The van der Waals surface area contributed by atoms with Gasteiger partial charge in [0.2, 0.25) is 35.4 Å². The fraction of sp³-hybridized carbons (Fsp3) is 0.667. The largest absolute Gasteiger partial charge is 0.480 e. The summed E-state index contributed by atoms with van der Waals surface area (Å²) in [4.78, 5) is 84.9. The Labute approximate surface area is 218 Å². The van der Waals surface area contributed by atoms with Crippen LogP contribution >= 0.6 is 0 Å². The molecule has 0 saturated carbocycles. The van der Waals surface area contributed by atoms with E-state index in [0.29, 0.717) is 6.42 Å². The van der Waals surface area contributed by atoms with Gasteiger partial charge in [0.25, 0.3) is 0 Å². The minimum absolute atomic E-state index is 0.329. The number of carbonyl (C=O) groups excluding carboxylic acids is 6. The van der Waals surface area contributed by atoms with Gasteiger partial charge in [-0.25, -0.2) is 4.79 Å². The van der Waals surface area contributed by atoms with Crippen molar-refractivity contribution in [2.75, 3.05) is 6.61 Å². The van der Waals surface area contributed by atoms with Gasteiger partial charge in [-0.1, -0.05) is 20.3 Å². The zero-order chi connectivity index (χ0) is 29.7. The average molecular weight is 548 g/mol. The topological polar surface area (TPSA) is 306 Å². The van der Waals surface area contributed by atoms with E-state index in [1.54, 1.807) is 13.8 Å². The number of aliphatic carboxylic acids is 1. The fourth-order valence-electron chi connectivity index (χ4n) is 3.04. The van der Waals surface area contributed by atoms with Gasteiger partial charge < -0.3 is 53.8 Å². The van der Waals surface area contributed by atoms with Crippen LogP contribution in [0.3, 0.4) is 0 Å². The molecule has 0 spiro atoms. The van der Waals surface area contributed by atoms with Gasteiger partial charge in [0.05, 0.1) is 25.6 Å². The Kier molecular flexibility index (Phi) is 14.5. The average Bonchev–Trinajstić information content (AvgIpc) is 2.82. The number of carboxylic acid groups (broad SMARTS) is 1. The number of primary amides is 2. The van der Waals surface area contributed by atoms with Gasteiger partial charge in [-0.2, -0.15) is 0 Å². The summed E-state index contributed by atoms with van der Waals surface area (Å²) in [5, 5.41) is 36.6. The lowest BCUT2D eigenvalue weighted by molar-refractivity contribution is -0.145. The normalized spacial score (nSPS) is 16.4. The Morgan fingerprint density at radius 1 is 0.737 bits per heavy atom. The maximum Gasteiger partial charge on any atom is 0.328 e. The molecule has 17 nitrogen and oxygen atoms in total. The van der Waals surface area contributed by atoms with Crippen molar-refractivity contribution in [2.45, 2.75) is 76.3 Å². The molecule has 7 atom stereocenters. The zero-order valence-electron chi connectivity index (χ0n) is 21.3. The van der Waals surface area contributed by atoms with Crippen molar-refractivity contribution in [3.05, 3.63) is 0 Å². The summed E-state index contributed by atoms with van der Waals surface area (Å²) in [6.45, 7) is 3.60. The Morgan fingerprint density at radius 3 is 1.53 bits per heavy atom. The number of nitrogens with one attached hydrogen (secondary N) is 4. The van der Waals surface area contributed by atoms with Crippen molar-refractivity contribution in [3.8, 4) is 0 Å². The number of rotatable bonds is 17. The van der Waals surface area contributed by atoms with Gasteiger partial charge in [-0.15, -0.1) is 0 Å².